The Balaban J connectivity index is 1.70. The first kappa shape index (κ1) is 18.4. The topological polar surface area (TPSA) is 68.8 Å². The summed E-state index contributed by atoms with van der Waals surface area (Å²) in [5.41, 5.74) is 0. The average molecular weight is 302 g/mol. The molecule has 124 valence electrons. The summed E-state index contributed by atoms with van der Waals surface area (Å²) in [5.74, 6) is 0.161. The zero-order chi connectivity index (χ0) is 15.2. The quantitative estimate of drug-likeness (QED) is 0.462. The number of amides is 1. The summed E-state index contributed by atoms with van der Waals surface area (Å²) in [6.07, 6.45) is 3.86. The average Bonchev–Trinajstić information content (AvgIpc) is 2.89. The summed E-state index contributed by atoms with van der Waals surface area (Å²) in [6.45, 7) is 7.76. The lowest BCUT2D eigenvalue weighted by molar-refractivity contribution is -0.119. The van der Waals surface area contributed by atoms with E-state index in [9.17, 15) is 4.79 Å². The van der Waals surface area contributed by atoms with Crippen molar-refractivity contribution in [2.45, 2.75) is 38.6 Å². The van der Waals surface area contributed by atoms with E-state index in [0.717, 1.165) is 39.0 Å². The maximum atomic E-state index is 11.0. The fourth-order valence-corrected chi connectivity index (χ4v) is 2.04. The first-order valence-corrected chi connectivity index (χ1v) is 8.06. The first-order chi connectivity index (χ1) is 10.3. The zero-order valence-corrected chi connectivity index (χ0v) is 13.2. The van der Waals surface area contributed by atoms with Crippen molar-refractivity contribution in [1.29, 1.82) is 0 Å². The lowest BCUT2D eigenvalue weighted by Crippen LogP contribution is -2.36. The van der Waals surface area contributed by atoms with Crippen molar-refractivity contribution in [3.63, 3.8) is 0 Å². The number of hydrogen-bond acceptors (Lipinski definition) is 5. The van der Waals surface area contributed by atoms with Crippen LogP contribution in [0.2, 0.25) is 0 Å². The van der Waals surface area contributed by atoms with Gasteiger partial charge in [0.15, 0.2) is 0 Å². The summed E-state index contributed by atoms with van der Waals surface area (Å²) in [6, 6.07) is 0.286. The van der Waals surface area contributed by atoms with Crippen LogP contribution in [0.4, 0.5) is 0 Å². The Morgan fingerprint density at radius 3 is 2.38 bits per heavy atom. The van der Waals surface area contributed by atoms with Crippen molar-refractivity contribution < 1.29 is 19.0 Å². The summed E-state index contributed by atoms with van der Waals surface area (Å²) in [7, 11) is 0. The van der Waals surface area contributed by atoms with Crippen LogP contribution in [0.1, 0.15) is 32.6 Å². The first-order valence-electron chi connectivity index (χ1n) is 8.06. The minimum atomic E-state index is 0.161. The van der Waals surface area contributed by atoms with Gasteiger partial charge in [-0.15, -0.1) is 0 Å². The Hall–Kier alpha value is -0.690. The van der Waals surface area contributed by atoms with E-state index in [0.29, 0.717) is 39.5 Å². The van der Waals surface area contributed by atoms with Crippen LogP contribution in [-0.4, -0.2) is 64.7 Å². The van der Waals surface area contributed by atoms with Crippen LogP contribution in [0.15, 0.2) is 0 Å². The third-order valence-electron chi connectivity index (χ3n) is 3.29. The van der Waals surface area contributed by atoms with Crippen LogP contribution in [0.5, 0.6) is 0 Å². The number of ether oxygens (including phenoxy) is 3. The minimum absolute atomic E-state index is 0.161. The van der Waals surface area contributed by atoms with E-state index in [1.165, 1.54) is 0 Å². The smallest absolute Gasteiger partial charge is 0.220 e. The molecule has 0 bridgehead atoms. The van der Waals surface area contributed by atoms with Crippen LogP contribution in [0.3, 0.4) is 0 Å². The fourth-order valence-electron chi connectivity index (χ4n) is 2.04. The lowest BCUT2D eigenvalue weighted by atomic mass is 10.2. The highest BCUT2D eigenvalue weighted by Crippen LogP contribution is 2.04. The highest BCUT2D eigenvalue weighted by molar-refractivity contribution is 5.78. The van der Waals surface area contributed by atoms with Gasteiger partial charge in [0.05, 0.1) is 33.0 Å². The summed E-state index contributed by atoms with van der Waals surface area (Å²) in [5, 5.41) is 6.20. The molecule has 0 aromatic rings. The van der Waals surface area contributed by atoms with Gasteiger partial charge >= 0.3 is 0 Å². The molecule has 1 aliphatic heterocycles. The number of nitrogens with one attached hydrogen (secondary N) is 2. The molecule has 2 N–H and O–H groups in total. The molecule has 0 aromatic heterocycles. The van der Waals surface area contributed by atoms with Gasteiger partial charge in [-0.25, -0.2) is 0 Å². The Bertz CT molecular complexity index is 264. The molecule has 1 aliphatic rings. The van der Waals surface area contributed by atoms with Crippen molar-refractivity contribution in [1.82, 2.24) is 10.6 Å². The van der Waals surface area contributed by atoms with Crippen molar-refractivity contribution in [3.8, 4) is 0 Å². The highest BCUT2D eigenvalue weighted by Gasteiger charge is 2.19. The standard InChI is InChI=1S/C15H30N2O4/c1-2-3-7-19-9-11-21-12-10-20-8-6-16-13-14-4-5-15(18)17-14/h14,16H,2-13H2,1H3,(H,17,18). The van der Waals surface area contributed by atoms with Gasteiger partial charge in [0.2, 0.25) is 5.91 Å². The highest BCUT2D eigenvalue weighted by atomic mass is 16.5. The van der Waals surface area contributed by atoms with Gasteiger partial charge in [0, 0.05) is 32.2 Å². The Labute approximate surface area is 127 Å². The van der Waals surface area contributed by atoms with E-state index in [2.05, 4.69) is 17.6 Å². The molecule has 1 atom stereocenters. The summed E-state index contributed by atoms with van der Waals surface area (Å²) < 4.78 is 16.2. The molecule has 1 rings (SSSR count). The van der Waals surface area contributed by atoms with E-state index in [-0.39, 0.29) is 11.9 Å². The predicted octanol–water partition coefficient (Wildman–Crippen LogP) is 0.705. The third-order valence-corrected chi connectivity index (χ3v) is 3.29. The third kappa shape index (κ3) is 10.6. The zero-order valence-electron chi connectivity index (χ0n) is 13.2. The molecule has 6 nitrogen and oxygen atoms in total. The van der Waals surface area contributed by atoms with E-state index in [4.69, 9.17) is 14.2 Å². The Morgan fingerprint density at radius 2 is 1.76 bits per heavy atom. The van der Waals surface area contributed by atoms with Crippen LogP contribution >= 0.6 is 0 Å². The van der Waals surface area contributed by atoms with Crippen molar-refractivity contribution in [2.24, 2.45) is 0 Å². The van der Waals surface area contributed by atoms with Crippen LogP contribution in [-0.2, 0) is 19.0 Å². The Kier molecular flexibility index (Phi) is 11.4. The maximum absolute atomic E-state index is 11.0. The lowest BCUT2D eigenvalue weighted by Gasteiger charge is -2.11. The van der Waals surface area contributed by atoms with Gasteiger partial charge in [-0.2, -0.15) is 0 Å². The molecule has 0 saturated carbocycles. The number of rotatable bonds is 14. The molecule has 1 saturated heterocycles. The van der Waals surface area contributed by atoms with Gasteiger partial charge in [0.1, 0.15) is 0 Å². The molecule has 0 radical (unpaired) electrons. The molecule has 1 heterocycles. The van der Waals surface area contributed by atoms with Crippen molar-refractivity contribution in [3.05, 3.63) is 0 Å². The molecule has 0 aliphatic carbocycles. The number of hydrogen-bond donors (Lipinski definition) is 2. The second-order valence-electron chi connectivity index (χ2n) is 5.20. The van der Waals surface area contributed by atoms with Crippen molar-refractivity contribution in [2.75, 3.05) is 52.7 Å². The molecule has 1 fully saturated rings. The molecule has 0 aromatic carbocycles. The molecule has 1 unspecified atom stereocenters. The molecule has 0 spiro atoms. The molecular weight excluding hydrogens is 272 g/mol. The van der Waals surface area contributed by atoms with E-state index >= 15 is 0 Å². The second kappa shape index (κ2) is 13.0. The normalized spacial score (nSPS) is 18.1. The van der Waals surface area contributed by atoms with Gasteiger partial charge in [0.25, 0.3) is 0 Å². The van der Waals surface area contributed by atoms with E-state index in [1.54, 1.807) is 0 Å². The Morgan fingerprint density at radius 1 is 1.10 bits per heavy atom. The van der Waals surface area contributed by atoms with Crippen LogP contribution < -0.4 is 10.6 Å². The van der Waals surface area contributed by atoms with E-state index in [1.807, 2.05) is 0 Å². The summed E-state index contributed by atoms with van der Waals surface area (Å²) in [4.78, 5) is 11.0. The monoisotopic (exact) mass is 302 g/mol. The van der Waals surface area contributed by atoms with Gasteiger partial charge in [-0.3, -0.25) is 4.79 Å². The van der Waals surface area contributed by atoms with Gasteiger partial charge < -0.3 is 24.8 Å². The van der Waals surface area contributed by atoms with E-state index < -0.39 is 0 Å². The second-order valence-corrected chi connectivity index (χ2v) is 5.20. The largest absolute Gasteiger partial charge is 0.379 e. The number of unbranched alkanes of at least 4 members (excludes halogenated alkanes) is 1. The molecule has 21 heavy (non-hydrogen) atoms. The maximum Gasteiger partial charge on any atom is 0.220 e. The molecular formula is C15H30N2O4. The molecule has 6 heteroatoms. The van der Waals surface area contributed by atoms with Crippen LogP contribution in [0.25, 0.3) is 0 Å². The van der Waals surface area contributed by atoms with Crippen LogP contribution in [0, 0.1) is 0 Å². The van der Waals surface area contributed by atoms with Crippen molar-refractivity contribution >= 4 is 5.91 Å². The molecule has 1 amide bonds. The number of carbonyl (C=O) groups is 1. The predicted molar refractivity (Wildman–Crippen MR) is 81.4 cm³/mol. The summed E-state index contributed by atoms with van der Waals surface area (Å²) >= 11 is 0. The number of carbonyl (C=O) groups excluding carboxylic acids is 1. The van der Waals surface area contributed by atoms with Gasteiger partial charge in [-0.05, 0) is 12.8 Å². The SMILES string of the molecule is CCCCOCCOCCOCCNCC1CCC(=O)N1. The minimum Gasteiger partial charge on any atom is -0.379 e. The van der Waals surface area contributed by atoms with Gasteiger partial charge in [-0.1, -0.05) is 13.3 Å². The fraction of sp³-hybridized carbons (Fsp3) is 0.933.